The highest BCUT2D eigenvalue weighted by molar-refractivity contribution is 7.99. The Balaban J connectivity index is 1.56. The van der Waals surface area contributed by atoms with Gasteiger partial charge in [0, 0.05) is 27.8 Å². The Morgan fingerprint density at radius 2 is 1.67 bits per heavy atom. The number of rotatable bonds is 9. The molecule has 2 rings (SSSR count). The van der Waals surface area contributed by atoms with E-state index in [1.807, 2.05) is 12.1 Å². The van der Waals surface area contributed by atoms with Crippen LogP contribution in [-0.4, -0.2) is 43.2 Å². The Bertz CT molecular complexity index is 769. The Labute approximate surface area is 166 Å². The third kappa shape index (κ3) is 8.15. The summed E-state index contributed by atoms with van der Waals surface area (Å²) in [6.07, 6.45) is 0. The molecule has 8 heteroatoms. The highest BCUT2D eigenvalue weighted by Gasteiger charge is 2.10. The average Bonchev–Trinajstić information content (AvgIpc) is 2.69. The molecule has 2 aromatic rings. The zero-order valence-electron chi connectivity index (χ0n) is 14.4. The van der Waals surface area contributed by atoms with Crippen LogP contribution in [0.3, 0.4) is 0 Å². The molecule has 0 radical (unpaired) electrons. The van der Waals surface area contributed by atoms with Gasteiger partial charge in [0.25, 0.3) is 11.8 Å². The smallest absolute Gasteiger partial charge is 0.325 e. The van der Waals surface area contributed by atoms with Gasteiger partial charge in [-0.3, -0.25) is 14.4 Å². The summed E-state index contributed by atoms with van der Waals surface area (Å²) in [5.41, 5.74) is 0.446. The van der Waals surface area contributed by atoms with Crippen molar-refractivity contribution in [3.63, 3.8) is 0 Å². The van der Waals surface area contributed by atoms with E-state index in [-0.39, 0.29) is 19.1 Å². The maximum absolute atomic E-state index is 11.8. The van der Waals surface area contributed by atoms with E-state index in [4.69, 9.17) is 16.3 Å². The predicted octanol–water partition coefficient (Wildman–Crippen LogP) is 2.52. The van der Waals surface area contributed by atoms with E-state index in [1.54, 1.807) is 54.2 Å². The number of thioether (sulfide) groups is 1. The molecule has 2 aromatic carbocycles. The molecule has 0 aliphatic carbocycles. The first-order valence-corrected chi connectivity index (χ1v) is 9.55. The van der Waals surface area contributed by atoms with Crippen LogP contribution < -0.4 is 10.6 Å². The van der Waals surface area contributed by atoms with E-state index in [2.05, 4.69) is 10.6 Å². The van der Waals surface area contributed by atoms with Crippen LogP contribution >= 0.6 is 23.4 Å². The first kappa shape index (κ1) is 20.8. The normalized spacial score (nSPS) is 10.1. The fourth-order valence-electron chi connectivity index (χ4n) is 1.98. The number of nitrogens with one attached hydrogen (secondary N) is 2. The summed E-state index contributed by atoms with van der Waals surface area (Å²) in [7, 11) is 0. The van der Waals surface area contributed by atoms with E-state index in [1.165, 1.54) is 0 Å². The molecule has 0 aromatic heterocycles. The SMILES string of the molecule is O=C(COC(=O)CNC(=O)c1ccccc1)NCCSc1ccc(Cl)cc1. The first-order chi connectivity index (χ1) is 13.0. The fourth-order valence-corrected chi connectivity index (χ4v) is 2.88. The molecule has 0 saturated carbocycles. The van der Waals surface area contributed by atoms with Crippen molar-refractivity contribution >= 4 is 41.1 Å². The summed E-state index contributed by atoms with van der Waals surface area (Å²) in [6, 6.07) is 15.9. The van der Waals surface area contributed by atoms with Crippen molar-refractivity contribution in [2.45, 2.75) is 4.90 Å². The number of carbonyl (C=O) groups excluding carboxylic acids is 3. The van der Waals surface area contributed by atoms with Crippen LogP contribution in [0.1, 0.15) is 10.4 Å². The van der Waals surface area contributed by atoms with E-state index < -0.39 is 11.9 Å². The zero-order valence-corrected chi connectivity index (χ0v) is 16.0. The van der Waals surface area contributed by atoms with Crippen LogP contribution in [0.25, 0.3) is 0 Å². The molecule has 0 heterocycles. The lowest BCUT2D eigenvalue weighted by Gasteiger charge is -2.08. The lowest BCUT2D eigenvalue weighted by atomic mass is 10.2. The number of hydrogen-bond acceptors (Lipinski definition) is 5. The van der Waals surface area contributed by atoms with Crippen LogP contribution in [0.2, 0.25) is 5.02 Å². The van der Waals surface area contributed by atoms with Gasteiger partial charge in [0.15, 0.2) is 6.61 Å². The van der Waals surface area contributed by atoms with Crippen molar-refractivity contribution in [1.29, 1.82) is 0 Å². The van der Waals surface area contributed by atoms with Gasteiger partial charge >= 0.3 is 5.97 Å². The van der Waals surface area contributed by atoms with Crippen LogP contribution in [-0.2, 0) is 14.3 Å². The van der Waals surface area contributed by atoms with Crippen molar-refractivity contribution in [3.05, 3.63) is 65.2 Å². The molecule has 2 amide bonds. The molecule has 0 bridgehead atoms. The van der Waals surface area contributed by atoms with Crippen molar-refractivity contribution in [2.24, 2.45) is 0 Å². The average molecular weight is 407 g/mol. The maximum atomic E-state index is 11.8. The highest BCUT2D eigenvalue weighted by Crippen LogP contribution is 2.19. The minimum Gasteiger partial charge on any atom is -0.454 e. The molecule has 2 N–H and O–H groups in total. The topological polar surface area (TPSA) is 84.5 Å². The minimum atomic E-state index is -0.676. The van der Waals surface area contributed by atoms with Gasteiger partial charge in [0.1, 0.15) is 6.54 Å². The van der Waals surface area contributed by atoms with Crippen LogP contribution in [0, 0.1) is 0 Å². The summed E-state index contributed by atoms with van der Waals surface area (Å²) < 4.78 is 4.83. The maximum Gasteiger partial charge on any atom is 0.325 e. The van der Waals surface area contributed by atoms with Crippen molar-refractivity contribution in [3.8, 4) is 0 Å². The van der Waals surface area contributed by atoms with Crippen molar-refractivity contribution < 1.29 is 19.1 Å². The minimum absolute atomic E-state index is 0.298. The zero-order chi connectivity index (χ0) is 19.5. The number of ether oxygens (including phenoxy) is 1. The molecule has 0 saturated heterocycles. The largest absolute Gasteiger partial charge is 0.454 e. The van der Waals surface area contributed by atoms with Gasteiger partial charge in [-0.1, -0.05) is 29.8 Å². The van der Waals surface area contributed by atoms with Gasteiger partial charge < -0.3 is 15.4 Å². The Kier molecular flexibility index (Phi) is 8.67. The molecule has 142 valence electrons. The number of carbonyl (C=O) groups is 3. The molecule has 0 fully saturated rings. The Hall–Kier alpha value is -2.51. The van der Waals surface area contributed by atoms with Gasteiger partial charge in [-0.2, -0.15) is 0 Å². The lowest BCUT2D eigenvalue weighted by molar-refractivity contribution is -0.147. The van der Waals surface area contributed by atoms with Gasteiger partial charge in [0.05, 0.1) is 0 Å². The molecule has 0 aliphatic rings. The molecule has 27 heavy (non-hydrogen) atoms. The quantitative estimate of drug-likeness (QED) is 0.380. The first-order valence-electron chi connectivity index (χ1n) is 8.18. The Morgan fingerprint density at radius 3 is 2.37 bits per heavy atom. The second kappa shape index (κ2) is 11.3. The van der Waals surface area contributed by atoms with E-state index in [0.29, 0.717) is 22.9 Å². The number of benzene rings is 2. The summed E-state index contributed by atoms with van der Waals surface area (Å²) in [6.45, 7) is -0.243. The second-order valence-electron chi connectivity index (χ2n) is 5.36. The Morgan fingerprint density at radius 1 is 0.963 bits per heavy atom. The molecule has 0 atom stereocenters. The number of amides is 2. The van der Waals surface area contributed by atoms with E-state index in [0.717, 1.165) is 4.90 Å². The van der Waals surface area contributed by atoms with Crippen LogP contribution in [0.5, 0.6) is 0 Å². The molecule has 0 aliphatic heterocycles. The standard InChI is InChI=1S/C19H19ClN2O4S/c20-15-6-8-16(9-7-15)27-11-10-21-17(23)13-26-18(24)12-22-19(25)14-4-2-1-3-5-14/h1-9H,10-13H2,(H,21,23)(H,22,25). The molecule has 0 spiro atoms. The summed E-state index contributed by atoms with van der Waals surface area (Å²) in [5, 5.41) is 5.77. The molecule has 0 unspecified atom stereocenters. The predicted molar refractivity (Wildman–Crippen MR) is 105 cm³/mol. The van der Waals surface area contributed by atoms with Gasteiger partial charge in [-0.25, -0.2) is 0 Å². The fraction of sp³-hybridized carbons (Fsp3) is 0.211. The number of esters is 1. The van der Waals surface area contributed by atoms with E-state index in [9.17, 15) is 14.4 Å². The third-order valence-electron chi connectivity index (χ3n) is 3.30. The lowest BCUT2D eigenvalue weighted by Crippen LogP contribution is -2.34. The molecule has 6 nitrogen and oxygen atoms in total. The van der Waals surface area contributed by atoms with Crippen molar-refractivity contribution in [2.75, 3.05) is 25.4 Å². The van der Waals surface area contributed by atoms with Gasteiger partial charge in [-0.05, 0) is 36.4 Å². The second-order valence-corrected chi connectivity index (χ2v) is 6.97. The third-order valence-corrected chi connectivity index (χ3v) is 4.57. The highest BCUT2D eigenvalue weighted by atomic mass is 35.5. The monoisotopic (exact) mass is 406 g/mol. The molecular formula is C19H19ClN2O4S. The van der Waals surface area contributed by atoms with E-state index >= 15 is 0 Å². The summed E-state index contributed by atoms with van der Waals surface area (Å²) >= 11 is 7.39. The van der Waals surface area contributed by atoms with Gasteiger partial charge in [0.2, 0.25) is 0 Å². The summed E-state index contributed by atoms with van der Waals surface area (Å²) in [5.74, 6) is -0.773. The van der Waals surface area contributed by atoms with Crippen LogP contribution in [0.4, 0.5) is 0 Å². The molecular weight excluding hydrogens is 388 g/mol. The van der Waals surface area contributed by atoms with Crippen LogP contribution in [0.15, 0.2) is 59.5 Å². The number of halogens is 1. The van der Waals surface area contributed by atoms with Gasteiger partial charge in [-0.15, -0.1) is 11.8 Å². The van der Waals surface area contributed by atoms with Crippen molar-refractivity contribution in [1.82, 2.24) is 10.6 Å². The number of hydrogen-bond donors (Lipinski definition) is 2. The summed E-state index contributed by atoms with van der Waals surface area (Å²) in [4.78, 5) is 36.1.